The summed E-state index contributed by atoms with van der Waals surface area (Å²) in [7, 11) is 2.95. The van der Waals surface area contributed by atoms with E-state index in [2.05, 4.69) is 4.98 Å². The Labute approximate surface area is 109 Å². The highest BCUT2D eigenvalue weighted by molar-refractivity contribution is 6.10. The number of rotatable bonds is 4. The average molecular weight is 261 g/mol. The van der Waals surface area contributed by atoms with Crippen molar-refractivity contribution in [1.82, 2.24) is 4.98 Å². The number of benzene rings is 1. The third-order valence-electron chi connectivity index (χ3n) is 2.67. The molecule has 4 nitrogen and oxygen atoms in total. The van der Waals surface area contributed by atoms with Crippen molar-refractivity contribution in [3.8, 4) is 11.5 Å². The maximum atomic E-state index is 13.6. The van der Waals surface area contributed by atoms with Crippen molar-refractivity contribution < 1.29 is 18.7 Å². The molecule has 0 saturated heterocycles. The number of methoxy groups -OCH3 is 2. The molecule has 1 aromatic carbocycles. The first kappa shape index (κ1) is 13.0. The van der Waals surface area contributed by atoms with Crippen LogP contribution in [0.2, 0.25) is 0 Å². The van der Waals surface area contributed by atoms with E-state index >= 15 is 0 Å². The summed E-state index contributed by atoms with van der Waals surface area (Å²) >= 11 is 0. The van der Waals surface area contributed by atoms with Crippen LogP contribution in [0.4, 0.5) is 4.39 Å². The molecule has 0 atom stereocenters. The molecular formula is C14H12FNO3. The van der Waals surface area contributed by atoms with Gasteiger partial charge in [-0.3, -0.25) is 9.78 Å². The molecule has 98 valence electrons. The van der Waals surface area contributed by atoms with Gasteiger partial charge in [-0.15, -0.1) is 0 Å². The number of pyridine rings is 1. The maximum Gasteiger partial charge on any atom is 0.199 e. The topological polar surface area (TPSA) is 48.4 Å². The quantitative estimate of drug-likeness (QED) is 0.793. The fourth-order valence-corrected chi connectivity index (χ4v) is 1.69. The molecule has 0 fully saturated rings. The molecule has 0 unspecified atom stereocenters. The zero-order valence-corrected chi connectivity index (χ0v) is 10.5. The summed E-state index contributed by atoms with van der Waals surface area (Å²) in [6.45, 7) is 0. The van der Waals surface area contributed by atoms with Gasteiger partial charge >= 0.3 is 0 Å². The van der Waals surface area contributed by atoms with Gasteiger partial charge < -0.3 is 9.47 Å². The second-order valence-corrected chi connectivity index (χ2v) is 3.75. The number of nitrogens with zero attached hydrogens (tertiary/aromatic N) is 1. The summed E-state index contributed by atoms with van der Waals surface area (Å²) < 4.78 is 23.7. The molecular weight excluding hydrogens is 249 g/mol. The number of hydrogen-bond acceptors (Lipinski definition) is 4. The van der Waals surface area contributed by atoms with Crippen LogP contribution in [0.3, 0.4) is 0 Å². The Morgan fingerprint density at radius 1 is 1.16 bits per heavy atom. The van der Waals surface area contributed by atoms with Crippen LogP contribution in [0.15, 0.2) is 36.7 Å². The Balaban J connectivity index is 2.47. The number of halogens is 1. The van der Waals surface area contributed by atoms with E-state index in [1.54, 1.807) is 18.2 Å². The van der Waals surface area contributed by atoms with Crippen LogP contribution < -0.4 is 9.47 Å². The van der Waals surface area contributed by atoms with Gasteiger partial charge in [-0.2, -0.15) is 0 Å². The predicted molar refractivity (Wildman–Crippen MR) is 67.2 cm³/mol. The highest BCUT2D eigenvalue weighted by Crippen LogP contribution is 2.27. The van der Waals surface area contributed by atoms with Crippen molar-refractivity contribution in [3.05, 3.63) is 53.6 Å². The highest BCUT2D eigenvalue weighted by atomic mass is 19.1. The van der Waals surface area contributed by atoms with Crippen LogP contribution in [0.5, 0.6) is 11.5 Å². The Hall–Kier alpha value is -2.43. The number of carbonyl (C=O) groups excluding carboxylic acids is 1. The van der Waals surface area contributed by atoms with Crippen LogP contribution in [-0.4, -0.2) is 25.0 Å². The minimum absolute atomic E-state index is 0.0431. The van der Waals surface area contributed by atoms with Crippen LogP contribution in [-0.2, 0) is 0 Å². The van der Waals surface area contributed by atoms with Crippen molar-refractivity contribution in [3.63, 3.8) is 0 Å². The van der Waals surface area contributed by atoms with E-state index in [0.717, 1.165) is 6.20 Å². The number of aromatic nitrogens is 1. The zero-order chi connectivity index (χ0) is 13.8. The monoisotopic (exact) mass is 261 g/mol. The van der Waals surface area contributed by atoms with E-state index in [0.29, 0.717) is 11.5 Å². The molecule has 2 aromatic rings. The normalized spacial score (nSPS) is 10.1. The summed E-state index contributed by atoms with van der Waals surface area (Å²) in [6.07, 6.45) is 2.37. The summed E-state index contributed by atoms with van der Waals surface area (Å²) in [4.78, 5) is 15.9. The van der Waals surface area contributed by atoms with Crippen LogP contribution >= 0.6 is 0 Å². The zero-order valence-electron chi connectivity index (χ0n) is 10.5. The third kappa shape index (κ3) is 2.54. The molecule has 19 heavy (non-hydrogen) atoms. The fourth-order valence-electron chi connectivity index (χ4n) is 1.69. The molecule has 0 N–H and O–H groups in total. The molecule has 0 spiro atoms. The Morgan fingerprint density at radius 2 is 1.95 bits per heavy atom. The molecule has 0 radical (unpaired) electrons. The van der Waals surface area contributed by atoms with E-state index < -0.39 is 11.6 Å². The van der Waals surface area contributed by atoms with E-state index in [1.807, 2.05) is 0 Å². The van der Waals surface area contributed by atoms with Gasteiger partial charge in [0.2, 0.25) is 0 Å². The van der Waals surface area contributed by atoms with Crippen LogP contribution in [0.25, 0.3) is 0 Å². The molecule has 1 aromatic heterocycles. The third-order valence-corrected chi connectivity index (χ3v) is 2.67. The lowest BCUT2D eigenvalue weighted by Crippen LogP contribution is -2.06. The molecule has 0 aliphatic carbocycles. The van der Waals surface area contributed by atoms with Gasteiger partial charge in [0.05, 0.1) is 31.5 Å². The van der Waals surface area contributed by atoms with Gasteiger partial charge in [0.1, 0.15) is 11.5 Å². The standard InChI is InChI=1S/C14H12FNO3/c1-18-9-3-4-11(13(7-9)19-2)14(17)10-5-6-16-8-12(10)15/h3-8H,1-2H3. The molecule has 0 amide bonds. The molecule has 0 bridgehead atoms. The lowest BCUT2D eigenvalue weighted by Gasteiger charge is -2.09. The molecule has 5 heteroatoms. The molecule has 0 aliphatic rings. The van der Waals surface area contributed by atoms with Crippen molar-refractivity contribution in [1.29, 1.82) is 0 Å². The van der Waals surface area contributed by atoms with E-state index in [-0.39, 0.29) is 11.1 Å². The first-order valence-corrected chi connectivity index (χ1v) is 5.53. The molecule has 1 heterocycles. The first-order chi connectivity index (χ1) is 9.17. The SMILES string of the molecule is COc1ccc(C(=O)c2ccncc2F)c(OC)c1. The number of ether oxygens (including phenoxy) is 2. The molecule has 0 aliphatic heterocycles. The number of ketones is 1. The molecule has 2 rings (SSSR count). The smallest absolute Gasteiger partial charge is 0.199 e. The van der Waals surface area contributed by atoms with Crippen molar-refractivity contribution in [2.45, 2.75) is 0 Å². The highest BCUT2D eigenvalue weighted by Gasteiger charge is 2.18. The van der Waals surface area contributed by atoms with Gasteiger partial charge in [-0.1, -0.05) is 0 Å². The second-order valence-electron chi connectivity index (χ2n) is 3.75. The summed E-state index contributed by atoms with van der Waals surface area (Å²) in [5, 5.41) is 0. The second kappa shape index (κ2) is 5.48. The van der Waals surface area contributed by atoms with Crippen molar-refractivity contribution >= 4 is 5.78 Å². The van der Waals surface area contributed by atoms with Crippen LogP contribution in [0.1, 0.15) is 15.9 Å². The Bertz CT molecular complexity index is 613. The van der Waals surface area contributed by atoms with Gasteiger partial charge in [0.25, 0.3) is 0 Å². The van der Waals surface area contributed by atoms with Gasteiger partial charge in [-0.25, -0.2) is 4.39 Å². The number of hydrogen-bond donors (Lipinski definition) is 0. The summed E-state index contributed by atoms with van der Waals surface area (Å²) in [6, 6.07) is 6.07. The lowest BCUT2D eigenvalue weighted by atomic mass is 10.0. The number of carbonyl (C=O) groups is 1. The fraction of sp³-hybridized carbons (Fsp3) is 0.143. The first-order valence-electron chi connectivity index (χ1n) is 5.53. The van der Waals surface area contributed by atoms with Gasteiger partial charge in [0, 0.05) is 12.3 Å². The van der Waals surface area contributed by atoms with Crippen molar-refractivity contribution in [2.75, 3.05) is 14.2 Å². The van der Waals surface area contributed by atoms with Gasteiger partial charge in [0.15, 0.2) is 11.6 Å². The Morgan fingerprint density at radius 3 is 2.58 bits per heavy atom. The average Bonchev–Trinajstić information content (AvgIpc) is 2.46. The van der Waals surface area contributed by atoms with Crippen molar-refractivity contribution in [2.24, 2.45) is 0 Å². The minimum atomic E-state index is -0.662. The van der Waals surface area contributed by atoms with E-state index in [9.17, 15) is 9.18 Å². The maximum absolute atomic E-state index is 13.6. The molecule has 0 saturated carbocycles. The Kier molecular flexibility index (Phi) is 3.75. The van der Waals surface area contributed by atoms with Crippen LogP contribution in [0, 0.1) is 5.82 Å². The summed E-state index contributed by atoms with van der Waals surface area (Å²) in [5.41, 5.74) is 0.229. The predicted octanol–water partition coefficient (Wildman–Crippen LogP) is 2.47. The van der Waals surface area contributed by atoms with Gasteiger partial charge in [-0.05, 0) is 18.2 Å². The lowest BCUT2D eigenvalue weighted by molar-refractivity contribution is 0.103. The van der Waals surface area contributed by atoms with E-state index in [4.69, 9.17) is 9.47 Å². The largest absolute Gasteiger partial charge is 0.497 e. The summed E-state index contributed by atoms with van der Waals surface area (Å²) in [5.74, 6) is -0.228. The van der Waals surface area contributed by atoms with E-state index in [1.165, 1.54) is 26.5 Å². The minimum Gasteiger partial charge on any atom is -0.497 e.